The van der Waals surface area contributed by atoms with Crippen molar-refractivity contribution in [1.82, 2.24) is 0 Å². The van der Waals surface area contributed by atoms with Gasteiger partial charge in [0.1, 0.15) is 0 Å². The Morgan fingerprint density at radius 1 is 1.38 bits per heavy atom. The zero-order valence-electron chi connectivity index (χ0n) is 7.51. The SMILES string of the molecule is CCCSP(=O)(O)c1ccccc1. The summed E-state index contributed by atoms with van der Waals surface area (Å²) in [6.07, 6.45) is 0.919. The summed E-state index contributed by atoms with van der Waals surface area (Å²) < 4.78 is 11.7. The Morgan fingerprint density at radius 2 is 2.00 bits per heavy atom. The lowest BCUT2D eigenvalue weighted by atomic mass is 10.4. The maximum atomic E-state index is 11.7. The van der Waals surface area contributed by atoms with E-state index in [0.29, 0.717) is 5.30 Å². The smallest absolute Gasteiger partial charge is 0.284 e. The summed E-state index contributed by atoms with van der Waals surface area (Å²) in [4.78, 5) is 9.64. The third-order valence-corrected chi connectivity index (χ3v) is 5.67. The fraction of sp³-hybridized carbons (Fsp3) is 0.333. The minimum absolute atomic E-state index is 0.536. The zero-order chi connectivity index (χ0) is 9.73. The zero-order valence-corrected chi connectivity index (χ0v) is 9.22. The Bertz CT molecular complexity index is 300. The minimum Gasteiger partial charge on any atom is -0.334 e. The molecule has 1 unspecified atom stereocenters. The molecule has 0 bridgehead atoms. The van der Waals surface area contributed by atoms with Crippen LogP contribution in [0.3, 0.4) is 0 Å². The van der Waals surface area contributed by atoms with E-state index in [1.165, 1.54) is 0 Å². The predicted octanol–water partition coefficient (Wildman–Crippen LogP) is 2.64. The first-order valence-electron chi connectivity index (χ1n) is 4.20. The first-order valence-corrected chi connectivity index (χ1v) is 7.45. The number of hydrogen-bond donors (Lipinski definition) is 1. The molecule has 0 aromatic heterocycles. The molecule has 0 radical (unpaired) electrons. The van der Waals surface area contributed by atoms with Crippen LogP contribution in [0.2, 0.25) is 0 Å². The Labute approximate surface area is 82.6 Å². The van der Waals surface area contributed by atoms with Crippen LogP contribution in [0.15, 0.2) is 30.3 Å². The van der Waals surface area contributed by atoms with Crippen molar-refractivity contribution in [3.8, 4) is 0 Å². The molecule has 4 heteroatoms. The van der Waals surface area contributed by atoms with Crippen molar-refractivity contribution >= 4 is 23.3 Å². The van der Waals surface area contributed by atoms with Gasteiger partial charge in [-0.05, 0) is 18.6 Å². The molecule has 0 amide bonds. The van der Waals surface area contributed by atoms with Crippen molar-refractivity contribution < 1.29 is 9.46 Å². The summed E-state index contributed by atoms with van der Waals surface area (Å²) in [6, 6.07) is 8.80. The molecule has 1 atom stereocenters. The van der Waals surface area contributed by atoms with E-state index in [0.717, 1.165) is 23.6 Å². The molecule has 0 fully saturated rings. The van der Waals surface area contributed by atoms with Crippen LogP contribution in [-0.4, -0.2) is 10.6 Å². The van der Waals surface area contributed by atoms with Crippen molar-refractivity contribution in [2.45, 2.75) is 13.3 Å². The third kappa shape index (κ3) is 3.18. The lowest BCUT2D eigenvalue weighted by Gasteiger charge is -2.09. The molecule has 0 spiro atoms. The monoisotopic (exact) mass is 216 g/mol. The molecular formula is C9H13O2PS. The summed E-state index contributed by atoms with van der Waals surface area (Å²) in [5.41, 5.74) is 0. The summed E-state index contributed by atoms with van der Waals surface area (Å²) in [5, 5.41) is 0.536. The van der Waals surface area contributed by atoms with Crippen LogP contribution < -0.4 is 5.30 Å². The highest BCUT2D eigenvalue weighted by atomic mass is 32.7. The Hall–Kier alpha value is -0.240. The quantitative estimate of drug-likeness (QED) is 0.786. The van der Waals surface area contributed by atoms with E-state index in [9.17, 15) is 9.46 Å². The molecule has 72 valence electrons. The summed E-state index contributed by atoms with van der Waals surface area (Å²) in [6.45, 7) is -1.15. The van der Waals surface area contributed by atoms with Gasteiger partial charge < -0.3 is 4.89 Å². The lowest BCUT2D eigenvalue weighted by Crippen LogP contribution is -2.00. The van der Waals surface area contributed by atoms with Crippen molar-refractivity contribution in [2.24, 2.45) is 0 Å². The Balaban J connectivity index is 2.76. The van der Waals surface area contributed by atoms with Crippen LogP contribution in [0.5, 0.6) is 0 Å². The van der Waals surface area contributed by atoms with Crippen molar-refractivity contribution in [3.63, 3.8) is 0 Å². The molecule has 1 rings (SSSR count). The van der Waals surface area contributed by atoms with Gasteiger partial charge >= 0.3 is 0 Å². The van der Waals surface area contributed by atoms with E-state index >= 15 is 0 Å². The van der Waals surface area contributed by atoms with Gasteiger partial charge in [-0.1, -0.05) is 36.5 Å². The average molecular weight is 216 g/mol. The second kappa shape index (κ2) is 4.85. The van der Waals surface area contributed by atoms with Gasteiger partial charge in [-0.2, -0.15) is 0 Å². The van der Waals surface area contributed by atoms with Crippen molar-refractivity contribution in [1.29, 1.82) is 0 Å². The number of benzene rings is 1. The summed E-state index contributed by atoms with van der Waals surface area (Å²) in [5.74, 6) is 0.725. The molecule has 0 heterocycles. The van der Waals surface area contributed by atoms with E-state index < -0.39 is 6.57 Å². The van der Waals surface area contributed by atoms with Crippen LogP contribution in [-0.2, 0) is 4.57 Å². The maximum absolute atomic E-state index is 11.7. The fourth-order valence-electron chi connectivity index (χ4n) is 0.906. The highest BCUT2D eigenvalue weighted by molar-refractivity contribution is 8.58. The van der Waals surface area contributed by atoms with Crippen LogP contribution in [0.1, 0.15) is 13.3 Å². The van der Waals surface area contributed by atoms with Crippen LogP contribution in [0.25, 0.3) is 0 Å². The molecule has 1 aromatic carbocycles. The molecule has 0 saturated carbocycles. The normalized spacial score (nSPS) is 15.2. The largest absolute Gasteiger partial charge is 0.334 e. The standard InChI is InChI=1S/C9H13O2PS/c1-2-8-13-12(10,11)9-6-4-3-5-7-9/h3-7H,2,8H2,1H3,(H,10,11). The molecule has 13 heavy (non-hydrogen) atoms. The molecule has 1 aromatic rings. The van der Waals surface area contributed by atoms with Gasteiger partial charge in [0.15, 0.2) is 0 Å². The van der Waals surface area contributed by atoms with Gasteiger partial charge in [-0.15, -0.1) is 0 Å². The Kier molecular flexibility index (Phi) is 4.04. The first kappa shape index (κ1) is 10.8. The topological polar surface area (TPSA) is 37.3 Å². The number of rotatable bonds is 4. The van der Waals surface area contributed by atoms with E-state index in [2.05, 4.69) is 0 Å². The van der Waals surface area contributed by atoms with E-state index in [4.69, 9.17) is 0 Å². The first-order chi connectivity index (χ1) is 6.17. The van der Waals surface area contributed by atoms with E-state index in [1.54, 1.807) is 24.3 Å². The lowest BCUT2D eigenvalue weighted by molar-refractivity contribution is 0.507. The van der Waals surface area contributed by atoms with Crippen molar-refractivity contribution in [3.05, 3.63) is 30.3 Å². The summed E-state index contributed by atoms with van der Waals surface area (Å²) >= 11 is 1.14. The number of hydrogen-bond acceptors (Lipinski definition) is 2. The molecule has 0 aliphatic rings. The average Bonchev–Trinajstić information content (AvgIpc) is 2.16. The predicted molar refractivity (Wildman–Crippen MR) is 58.7 cm³/mol. The van der Waals surface area contributed by atoms with Crippen molar-refractivity contribution in [2.75, 3.05) is 5.75 Å². The van der Waals surface area contributed by atoms with Gasteiger partial charge in [-0.25, -0.2) is 0 Å². The molecule has 0 aliphatic heterocycles. The second-order valence-electron chi connectivity index (χ2n) is 2.69. The van der Waals surface area contributed by atoms with Gasteiger partial charge in [0.2, 0.25) is 0 Å². The van der Waals surface area contributed by atoms with Gasteiger partial charge in [0.05, 0.1) is 0 Å². The highest BCUT2D eigenvalue weighted by Gasteiger charge is 2.20. The second-order valence-corrected chi connectivity index (χ2v) is 7.17. The summed E-state index contributed by atoms with van der Waals surface area (Å²) in [7, 11) is 0. The Morgan fingerprint density at radius 3 is 2.54 bits per heavy atom. The van der Waals surface area contributed by atoms with Gasteiger partial charge in [-0.3, -0.25) is 4.57 Å². The molecule has 1 N–H and O–H groups in total. The van der Waals surface area contributed by atoms with Gasteiger partial charge in [0, 0.05) is 11.1 Å². The van der Waals surface area contributed by atoms with Gasteiger partial charge in [0.25, 0.3) is 6.57 Å². The molecular weight excluding hydrogens is 203 g/mol. The molecule has 0 saturated heterocycles. The van der Waals surface area contributed by atoms with E-state index in [-0.39, 0.29) is 0 Å². The molecule has 0 aliphatic carbocycles. The van der Waals surface area contributed by atoms with Crippen LogP contribution >= 0.6 is 18.0 Å². The van der Waals surface area contributed by atoms with Crippen LogP contribution in [0, 0.1) is 0 Å². The third-order valence-electron chi connectivity index (χ3n) is 1.55. The molecule has 2 nitrogen and oxygen atoms in total. The highest BCUT2D eigenvalue weighted by Crippen LogP contribution is 2.53. The fourth-order valence-corrected chi connectivity index (χ4v) is 4.14. The maximum Gasteiger partial charge on any atom is 0.284 e. The van der Waals surface area contributed by atoms with E-state index in [1.807, 2.05) is 13.0 Å². The van der Waals surface area contributed by atoms with Crippen LogP contribution in [0.4, 0.5) is 0 Å². The minimum atomic E-state index is -3.14.